The van der Waals surface area contributed by atoms with Crippen molar-refractivity contribution in [1.82, 2.24) is 4.57 Å². The minimum absolute atomic E-state index is 0.239. The van der Waals surface area contributed by atoms with Gasteiger partial charge in [-0.15, -0.1) is 0 Å². The van der Waals surface area contributed by atoms with E-state index in [4.69, 9.17) is 25.5 Å². The van der Waals surface area contributed by atoms with Crippen molar-refractivity contribution < 1.29 is 18.7 Å². The molecule has 0 aliphatic rings. The van der Waals surface area contributed by atoms with E-state index in [0.717, 1.165) is 17.1 Å². The number of methoxy groups -OCH3 is 2. The summed E-state index contributed by atoms with van der Waals surface area (Å²) in [5, 5.41) is 3.29. The van der Waals surface area contributed by atoms with Crippen LogP contribution in [0.1, 0.15) is 27.5 Å². The van der Waals surface area contributed by atoms with E-state index in [1.165, 1.54) is 14.2 Å². The second-order valence-electron chi connectivity index (χ2n) is 6.09. The summed E-state index contributed by atoms with van der Waals surface area (Å²) < 4.78 is 18.0. The van der Waals surface area contributed by atoms with E-state index < -0.39 is 0 Å². The lowest BCUT2D eigenvalue weighted by atomic mass is 10.2. The second kappa shape index (κ2) is 7.80. The molecule has 0 bridgehead atoms. The third-order valence-electron chi connectivity index (χ3n) is 4.43. The normalized spacial score (nSPS) is 10.7. The van der Waals surface area contributed by atoms with Crippen molar-refractivity contribution >= 4 is 23.2 Å². The molecule has 0 unspecified atom stereocenters. The predicted octanol–water partition coefficient (Wildman–Crippen LogP) is 4.67. The van der Waals surface area contributed by atoms with Crippen LogP contribution in [0, 0.1) is 13.8 Å². The number of aryl methyl sites for hydroxylation is 1. The Labute approximate surface area is 162 Å². The van der Waals surface area contributed by atoms with Crippen LogP contribution in [-0.2, 0) is 6.54 Å². The second-order valence-corrected chi connectivity index (χ2v) is 6.50. The Morgan fingerprint density at radius 1 is 1.19 bits per heavy atom. The number of anilines is 1. The molecule has 3 aromatic rings. The smallest absolute Gasteiger partial charge is 0.257 e. The number of hydrogen-bond donors (Lipinski definition) is 1. The van der Waals surface area contributed by atoms with E-state index >= 15 is 0 Å². The van der Waals surface area contributed by atoms with Gasteiger partial charge in [0.15, 0.2) is 0 Å². The van der Waals surface area contributed by atoms with Gasteiger partial charge in [-0.2, -0.15) is 0 Å². The zero-order valence-electron chi connectivity index (χ0n) is 15.6. The Balaban J connectivity index is 1.89. The van der Waals surface area contributed by atoms with Crippen LogP contribution in [0.25, 0.3) is 0 Å². The zero-order chi connectivity index (χ0) is 19.6. The van der Waals surface area contributed by atoms with Crippen molar-refractivity contribution in [3.8, 4) is 11.5 Å². The highest BCUT2D eigenvalue weighted by atomic mass is 35.5. The molecule has 142 valence electrons. The van der Waals surface area contributed by atoms with E-state index in [9.17, 15) is 4.79 Å². The van der Waals surface area contributed by atoms with E-state index in [1.807, 2.05) is 36.6 Å². The first-order chi connectivity index (χ1) is 12.9. The predicted molar refractivity (Wildman–Crippen MR) is 104 cm³/mol. The van der Waals surface area contributed by atoms with Gasteiger partial charge in [-0.3, -0.25) is 4.79 Å². The summed E-state index contributed by atoms with van der Waals surface area (Å²) in [5.74, 6) is 1.50. The number of amides is 1. The van der Waals surface area contributed by atoms with Gasteiger partial charge in [-0.05, 0) is 32.0 Å². The van der Waals surface area contributed by atoms with Crippen LogP contribution in [0.5, 0.6) is 11.5 Å². The maximum Gasteiger partial charge on any atom is 0.257 e. The van der Waals surface area contributed by atoms with Crippen molar-refractivity contribution in [2.24, 2.45) is 0 Å². The summed E-state index contributed by atoms with van der Waals surface area (Å²) in [4.78, 5) is 12.9. The molecule has 0 spiro atoms. The first-order valence-electron chi connectivity index (χ1n) is 8.36. The molecule has 0 saturated carbocycles. The summed E-state index contributed by atoms with van der Waals surface area (Å²) in [5.41, 5.74) is 2.88. The van der Waals surface area contributed by atoms with Crippen LogP contribution < -0.4 is 14.8 Å². The van der Waals surface area contributed by atoms with Crippen LogP contribution in [0.4, 0.5) is 5.69 Å². The van der Waals surface area contributed by atoms with Gasteiger partial charge < -0.3 is 23.8 Å². The van der Waals surface area contributed by atoms with Crippen LogP contribution >= 0.6 is 11.6 Å². The summed E-state index contributed by atoms with van der Waals surface area (Å²) in [7, 11) is 3.03. The monoisotopic (exact) mass is 388 g/mol. The number of hydrogen-bond acceptors (Lipinski definition) is 4. The average molecular weight is 389 g/mol. The number of halogens is 1. The third-order valence-corrected chi connectivity index (χ3v) is 4.73. The van der Waals surface area contributed by atoms with Crippen LogP contribution in [-0.4, -0.2) is 24.7 Å². The van der Waals surface area contributed by atoms with Crippen molar-refractivity contribution in [2.45, 2.75) is 20.4 Å². The van der Waals surface area contributed by atoms with Crippen molar-refractivity contribution in [1.29, 1.82) is 0 Å². The van der Waals surface area contributed by atoms with Gasteiger partial charge in [0.2, 0.25) is 0 Å². The average Bonchev–Trinajstić information content (AvgIpc) is 3.26. The number of nitrogens with one attached hydrogen (secondary N) is 1. The number of furan rings is 1. The number of aromatic nitrogens is 1. The van der Waals surface area contributed by atoms with Gasteiger partial charge in [0, 0.05) is 23.5 Å². The van der Waals surface area contributed by atoms with Gasteiger partial charge in [-0.25, -0.2) is 0 Å². The minimum Gasteiger partial charge on any atom is -0.495 e. The summed E-state index contributed by atoms with van der Waals surface area (Å²) >= 11 is 6.12. The molecule has 1 aromatic carbocycles. The number of rotatable bonds is 6. The summed E-state index contributed by atoms with van der Waals surface area (Å²) in [6.45, 7) is 4.43. The summed E-state index contributed by atoms with van der Waals surface area (Å²) in [6.07, 6.45) is 1.64. The molecule has 0 aliphatic heterocycles. The maximum absolute atomic E-state index is 12.9. The Morgan fingerprint density at radius 3 is 2.56 bits per heavy atom. The third kappa shape index (κ3) is 3.80. The lowest BCUT2D eigenvalue weighted by molar-refractivity contribution is 0.102. The number of carbonyl (C=O) groups excluding carboxylic acids is 1. The van der Waals surface area contributed by atoms with Crippen LogP contribution in [0.15, 0.2) is 41.0 Å². The maximum atomic E-state index is 12.9. The SMILES string of the molecule is COc1cc(NC(=O)c2cc(C)n(Cc3ccco3)c2C)c(OC)cc1Cl. The lowest BCUT2D eigenvalue weighted by Gasteiger charge is -2.13. The number of benzene rings is 1. The van der Waals surface area contributed by atoms with Gasteiger partial charge in [0.05, 0.1) is 43.3 Å². The molecule has 1 amide bonds. The van der Waals surface area contributed by atoms with E-state index in [1.54, 1.807) is 18.4 Å². The van der Waals surface area contributed by atoms with Gasteiger partial charge in [-0.1, -0.05) is 11.6 Å². The highest BCUT2D eigenvalue weighted by Crippen LogP contribution is 2.36. The van der Waals surface area contributed by atoms with Crippen molar-refractivity contribution in [2.75, 3.05) is 19.5 Å². The Bertz CT molecular complexity index is 961. The van der Waals surface area contributed by atoms with Crippen LogP contribution in [0.2, 0.25) is 5.02 Å². The van der Waals surface area contributed by atoms with E-state index in [0.29, 0.717) is 34.3 Å². The fourth-order valence-corrected chi connectivity index (χ4v) is 3.21. The van der Waals surface area contributed by atoms with Crippen molar-refractivity contribution in [3.05, 3.63) is 64.3 Å². The quantitative estimate of drug-likeness (QED) is 0.666. The molecule has 0 saturated heterocycles. The van der Waals surface area contributed by atoms with Gasteiger partial charge in [0.1, 0.15) is 17.3 Å². The molecule has 2 heterocycles. The molecular formula is C20H21ClN2O4. The Morgan fingerprint density at radius 2 is 1.93 bits per heavy atom. The summed E-state index contributed by atoms with van der Waals surface area (Å²) in [6, 6.07) is 8.85. The highest BCUT2D eigenvalue weighted by Gasteiger charge is 2.19. The molecule has 2 aromatic heterocycles. The minimum atomic E-state index is -0.239. The molecule has 0 atom stereocenters. The fraction of sp³-hybridized carbons (Fsp3) is 0.250. The first kappa shape index (κ1) is 18.9. The van der Waals surface area contributed by atoms with Crippen LogP contribution in [0.3, 0.4) is 0 Å². The molecule has 6 nitrogen and oxygen atoms in total. The number of nitrogens with zero attached hydrogens (tertiary/aromatic N) is 1. The molecule has 3 rings (SSSR count). The van der Waals surface area contributed by atoms with E-state index in [-0.39, 0.29) is 5.91 Å². The zero-order valence-corrected chi connectivity index (χ0v) is 16.4. The molecule has 7 heteroatoms. The fourth-order valence-electron chi connectivity index (χ4n) is 2.98. The molecule has 0 radical (unpaired) electrons. The Hall–Kier alpha value is -2.86. The standard InChI is InChI=1S/C20H21ClN2O4/c1-12-8-15(13(2)23(12)11-14-6-5-7-27-14)20(24)22-17-10-18(25-3)16(21)9-19(17)26-4/h5-10H,11H2,1-4H3,(H,22,24). The van der Waals surface area contributed by atoms with Gasteiger partial charge >= 0.3 is 0 Å². The number of ether oxygens (including phenoxy) is 2. The molecule has 1 N–H and O–H groups in total. The van der Waals surface area contributed by atoms with Crippen molar-refractivity contribution in [3.63, 3.8) is 0 Å². The molecule has 0 fully saturated rings. The number of carbonyl (C=O) groups is 1. The highest BCUT2D eigenvalue weighted by molar-refractivity contribution is 6.32. The molecule has 27 heavy (non-hydrogen) atoms. The Kier molecular flexibility index (Phi) is 5.46. The van der Waals surface area contributed by atoms with E-state index in [2.05, 4.69) is 5.32 Å². The first-order valence-corrected chi connectivity index (χ1v) is 8.74. The van der Waals surface area contributed by atoms with Gasteiger partial charge in [0.25, 0.3) is 5.91 Å². The lowest BCUT2D eigenvalue weighted by Crippen LogP contribution is -2.14. The largest absolute Gasteiger partial charge is 0.495 e. The molecular weight excluding hydrogens is 368 g/mol. The topological polar surface area (TPSA) is 65.6 Å². The molecule has 0 aliphatic carbocycles.